The fraction of sp³-hybridized carbons (Fsp3) is 0.130. The van der Waals surface area contributed by atoms with Crippen molar-refractivity contribution in [3.63, 3.8) is 0 Å². The molecule has 5 rings (SSSR count). The molecule has 33 heavy (non-hydrogen) atoms. The van der Waals surface area contributed by atoms with Gasteiger partial charge in [0.2, 0.25) is 10.0 Å². The number of halogens is 2. The molecule has 1 aliphatic rings. The minimum absolute atomic E-state index is 0.0266. The maximum absolute atomic E-state index is 13.8. The molecule has 4 aromatic rings. The molecule has 1 aromatic heterocycles. The van der Waals surface area contributed by atoms with Crippen molar-refractivity contribution in [2.45, 2.75) is 17.9 Å². The molecule has 1 amide bonds. The average molecular weight is 486 g/mol. The van der Waals surface area contributed by atoms with E-state index in [0.717, 1.165) is 34.6 Å². The van der Waals surface area contributed by atoms with Crippen molar-refractivity contribution in [3.05, 3.63) is 89.0 Å². The molecule has 0 bridgehead atoms. The molecule has 0 unspecified atom stereocenters. The number of fused-ring (bicyclic) bond motifs is 2. The summed E-state index contributed by atoms with van der Waals surface area (Å²) < 4.78 is 55.1. The zero-order valence-corrected chi connectivity index (χ0v) is 18.7. The molecular formula is C23H17F2N3O3S2. The van der Waals surface area contributed by atoms with Crippen LogP contribution in [0.4, 0.5) is 13.9 Å². The van der Waals surface area contributed by atoms with E-state index in [1.165, 1.54) is 28.6 Å². The van der Waals surface area contributed by atoms with E-state index in [2.05, 4.69) is 10.3 Å². The lowest BCUT2D eigenvalue weighted by molar-refractivity contribution is 0.102. The van der Waals surface area contributed by atoms with E-state index in [0.29, 0.717) is 19.5 Å². The van der Waals surface area contributed by atoms with Crippen LogP contribution in [-0.4, -0.2) is 30.2 Å². The normalized spacial score (nSPS) is 14.2. The third kappa shape index (κ3) is 4.12. The number of benzene rings is 3. The predicted octanol–water partition coefficient (Wildman–Crippen LogP) is 4.57. The molecule has 3 aromatic carbocycles. The van der Waals surface area contributed by atoms with Crippen molar-refractivity contribution in [1.82, 2.24) is 9.29 Å². The summed E-state index contributed by atoms with van der Waals surface area (Å²) in [6.07, 6.45) is 0.641. The van der Waals surface area contributed by atoms with Gasteiger partial charge in [-0.2, -0.15) is 4.31 Å². The first-order valence-electron chi connectivity index (χ1n) is 10.1. The van der Waals surface area contributed by atoms with E-state index in [4.69, 9.17) is 0 Å². The molecule has 1 N–H and O–H groups in total. The number of hydrogen-bond acceptors (Lipinski definition) is 5. The second-order valence-corrected chi connectivity index (χ2v) is 10.6. The van der Waals surface area contributed by atoms with Crippen LogP contribution in [0.3, 0.4) is 0 Å². The Bertz CT molecular complexity index is 1480. The van der Waals surface area contributed by atoms with E-state index in [1.807, 2.05) is 24.3 Å². The number of carbonyl (C=O) groups is 1. The molecule has 1 aliphatic heterocycles. The Kier molecular flexibility index (Phi) is 5.43. The summed E-state index contributed by atoms with van der Waals surface area (Å²) >= 11 is 0.944. The van der Waals surface area contributed by atoms with Crippen LogP contribution in [0.5, 0.6) is 0 Å². The van der Waals surface area contributed by atoms with Gasteiger partial charge in [0, 0.05) is 24.7 Å². The number of sulfonamides is 1. The van der Waals surface area contributed by atoms with Crippen molar-refractivity contribution < 1.29 is 22.0 Å². The Morgan fingerprint density at radius 2 is 1.76 bits per heavy atom. The van der Waals surface area contributed by atoms with Crippen LogP contribution in [0.15, 0.2) is 65.6 Å². The van der Waals surface area contributed by atoms with Crippen LogP contribution in [-0.2, 0) is 23.0 Å². The van der Waals surface area contributed by atoms with Crippen molar-refractivity contribution in [2.75, 3.05) is 11.9 Å². The number of hydrogen-bond donors (Lipinski definition) is 1. The smallest absolute Gasteiger partial charge is 0.257 e. The summed E-state index contributed by atoms with van der Waals surface area (Å²) in [5.41, 5.74) is 2.31. The maximum Gasteiger partial charge on any atom is 0.257 e. The molecule has 10 heteroatoms. The molecule has 168 valence electrons. The number of nitrogens with zero attached hydrogens (tertiary/aromatic N) is 2. The number of amides is 1. The molecule has 0 aliphatic carbocycles. The van der Waals surface area contributed by atoms with Gasteiger partial charge in [-0.1, -0.05) is 35.6 Å². The first-order chi connectivity index (χ1) is 15.8. The highest BCUT2D eigenvalue weighted by Gasteiger charge is 2.28. The van der Waals surface area contributed by atoms with Crippen LogP contribution >= 0.6 is 11.3 Å². The predicted molar refractivity (Wildman–Crippen MR) is 122 cm³/mol. The summed E-state index contributed by atoms with van der Waals surface area (Å²) in [7, 11) is -3.72. The van der Waals surface area contributed by atoms with Gasteiger partial charge in [-0.05, 0) is 47.9 Å². The zero-order valence-electron chi connectivity index (χ0n) is 17.1. The van der Waals surface area contributed by atoms with E-state index >= 15 is 0 Å². The topological polar surface area (TPSA) is 79.4 Å². The molecule has 0 spiro atoms. The van der Waals surface area contributed by atoms with Gasteiger partial charge in [0.1, 0.15) is 11.3 Å². The maximum atomic E-state index is 13.8. The van der Waals surface area contributed by atoms with E-state index in [1.54, 1.807) is 0 Å². The van der Waals surface area contributed by atoms with Gasteiger partial charge in [-0.3, -0.25) is 10.1 Å². The number of anilines is 1. The molecular weight excluding hydrogens is 468 g/mol. The van der Waals surface area contributed by atoms with Gasteiger partial charge < -0.3 is 0 Å². The second kappa shape index (κ2) is 8.29. The monoisotopic (exact) mass is 485 g/mol. The Morgan fingerprint density at radius 3 is 2.52 bits per heavy atom. The average Bonchev–Trinajstić information content (AvgIpc) is 3.21. The third-order valence-electron chi connectivity index (χ3n) is 5.48. The van der Waals surface area contributed by atoms with Crippen LogP contribution in [0, 0.1) is 11.6 Å². The molecule has 0 radical (unpaired) electrons. The van der Waals surface area contributed by atoms with E-state index in [-0.39, 0.29) is 25.8 Å². The Balaban J connectivity index is 1.33. The van der Waals surface area contributed by atoms with E-state index in [9.17, 15) is 22.0 Å². The molecule has 0 fully saturated rings. The lowest BCUT2D eigenvalue weighted by atomic mass is 10.0. The standard InChI is InChI=1S/C23H17F2N3O3S2/c24-17-11-19(25)21-20(12-17)32-23(26-21)27-22(29)15-5-7-18(8-6-15)33(30,31)28-10-9-14-3-1-2-4-16(14)13-28/h1-8,11-12H,9-10,13H2,(H,26,27,29). The Morgan fingerprint density at radius 1 is 1.03 bits per heavy atom. The van der Waals surface area contributed by atoms with Crippen molar-refractivity contribution in [2.24, 2.45) is 0 Å². The SMILES string of the molecule is O=C(Nc1nc2c(F)cc(F)cc2s1)c1ccc(S(=O)(=O)N2CCc3ccccc3C2)cc1. The summed E-state index contributed by atoms with van der Waals surface area (Å²) in [4.78, 5) is 16.7. The summed E-state index contributed by atoms with van der Waals surface area (Å²) in [5, 5.41) is 2.66. The van der Waals surface area contributed by atoms with Gasteiger partial charge >= 0.3 is 0 Å². The second-order valence-electron chi connectivity index (χ2n) is 7.59. The highest BCUT2D eigenvalue weighted by Crippen LogP contribution is 2.29. The lowest BCUT2D eigenvalue weighted by Crippen LogP contribution is -2.35. The van der Waals surface area contributed by atoms with Crippen LogP contribution in [0.1, 0.15) is 21.5 Å². The molecule has 2 heterocycles. The third-order valence-corrected chi connectivity index (χ3v) is 8.26. The summed E-state index contributed by atoms with van der Waals surface area (Å²) in [5.74, 6) is -2.07. The van der Waals surface area contributed by atoms with Crippen LogP contribution in [0.2, 0.25) is 0 Å². The molecule has 0 saturated carbocycles. The fourth-order valence-corrected chi connectivity index (χ4v) is 6.10. The number of aromatic nitrogens is 1. The molecule has 0 saturated heterocycles. The van der Waals surface area contributed by atoms with Crippen molar-refractivity contribution >= 4 is 42.6 Å². The van der Waals surface area contributed by atoms with Crippen LogP contribution in [0.25, 0.3) is 10.2 Å². The number of thiazole rings is 1. The van der Waals surface area contributed by atoms with Gasteiger partial charge in [-0.25, -0.2) is 22.2 Å². The van der Waals surface area contributed by atoms with E-state index < -0.39 is 27.6 Å². The highest BCUT2D eigenvalue weighted by atomic mass is 32.2. The Hall–Kier alpha value is -3.21. The van der Waals surface area contributed by atoms with Crippen molar-refractivity contribution in [1.29, 1.82) is 0 Å². The quantitative estimate of drug-likeness (QED) is 0.459. The van der Waals surface area contributed by atoms with Gasteiger partial charge in [0.25, 0.3) is 5.91 Å². The minimum atomic E-state index is -3.72. The Labute approximate surface area is 192 Å². The molecule has 6 nitrogen and oxygen atoms in total. The van der Waals surface area contributed by atoms with Gasteiger partial charge in [0.05, 0.1) is 9.60 Å². The van der Waals surface area contributed by atoms with Crippen molar-refractivity contribution in [3.8, 4) is 0 Å². The van der Waals surface area contributed by atoms with Gasteiger partial charge in [0.15, 0.2) is 10.9 Å². The minimum Gasteiger partial charge on any atom is -0.298 e. The zero-order chi connectivity index (χ0) is 23.2. The van der Waals surface area contributed by atoms with Gasteiger partial charge in [-0.15, -0.1) is 0 Å². The molecule has 0 atom stereocenters. The first-order valence-corrected chi connectivity index (χ1v) is 12.3. The summed E-state index contributed by atoms with van der Waals surface area (Å²) in [6, 6.07) is 15.2. The highest BCUT2D eigenvalue weighted by molar-refractivity contribution is 7.89. The fourth-order valence-electron chi connectivity index (χ4n) is 3.78. The number of carbonyl (C=O) groups excluding carboxylic acids is 1. The first kappa shape index (κ1) is 21.6. The summed E-state index contributed by atoms with van der Waals surface area (Å²) in [6.45, 7) is 0.686. The number of rotatable bonds is 4. The largest absolute Gasteiger partial charge is 0.298 e. The number of nitrogens with one attached hydrogen (secondary N) is 1. The van der Waals surface area contributed by atoms with Crippen LogP contribution < -0.4 is 5.32 Å². The lowest BCUT2D eigenvalue weighted by Gasteiger charge is -2.28.